The molecule has 0 bridgehead atoms. The summed E-state index contributed by atoms with van der Waals surface area (Å²) in [5.74, 6) is 0.710. The van der Waals surface area contributed by atoms with Crippen LogP contribution in [0.2, 0.25) is 0 Å². The van der Waals surface area contributed by atoms with Crippen molar-refractivity contribution >= 4 is 17.6 Å². The maximum absolute atomic E-state index is 13.1. The average Bonchev–Trinajstić information content (AvgIpc) is 2.72. The first-order valence-corrected chi connectivity index (χ1v) is 9.63. The summed E-state index contributed by atoms with van der Waals surface area (Å²) in [6.07, 6.45) is 1.45. The van der Waals surface area contributed by atoms with Crippen LogP contribution in [0.5, 0.6) is 0 Å². The van der Waals surface area contributed by atoms with E-state index in [2.05, 4.69) is 14.9 Å². The highest BCUT2D eigenvalue weighted by molar-refractivity contribution is 5.93. The van der Waals surface area contributed by atoms with Gasteiger partial charge in [0.25, 0.3) is 5.91 Å². The molecule has 1 aliphatic rings. The molecule has 0 aliphatic carbocycles. The fourth-order valence-electron chi connectivity index (χ4n) is 3.30. The van der Waals surface area contributed by atoms with Gasteiger partial charge in [0.05, 0.1) is 0 Å². The molecule has 28 heavy (non-hydrogen) atoms. The molecule has 2 heterocycles. The first-order chi connectivity index (χ1) is 13.5. The van der Waals surface area contributed by atoms with E-state index in [-0.39, 0.29) is 17.9 Å². The van der Waals surface area contributed by atoms with Crippen LogP contribution in [-0.4, -0.2) is 63.8 Å². The Hall–Kier alpha value is -2.96. The van der Waals surface area contributed by atoms with Crippen molar-refractivity contribution in [2.24, 2.45) is 0 Å². The van der Waals surface area contributed by atoms with Crippen molar-refractivity contribution in [3.8, 4) is 0 Å². The Morgan fingerprint density at radius 1 is 1.07 bits per heavy atom. The van der Waals surface area contributed by atoms with Gasteiger partial charge >= 0.3 is 0 Å². The Morgan fingerprint density at radius 3 is 2.36 bits per heavy atom. The van der Waals surface area contributed by atoms with Crippen LogP contribution in [0.3, 0.4) is 0 Å². The van der Waals surface area contributed by atoms with Crippen molar-refractivity contribution in [1.29, 1.82) is 0 Å². The lowest BCUT2D eigenvalue weighted by molar-refractivity contribution is -0.129. The summed E-state index contributed by atoms with van der Waals surface area (Å²) in [4.78, 5) is 38.9. The molecule has 2 aromatic rings. The maximum atomic E-state index is 13.1. The lowest BCUT2D eigenvalue weighted by Gasteiger charge is -2.35. The number of nitrogens with zero attached hydrogens (tertiary/aromatic N) is 5. The van der Waals surface area contributed by atoms with Crippen molar-refractivity contribution in [1.82, 2.24) is 19.8 Å². The van der Waals surface area contributed by atoms with Gasteiger partial charge in [0.1, 0.15) is 17.8 Å². The van der Waals surface area contributed by atoms with E-state index in [1.807, 2.05) is 54.0 Å². The fourth-order valence-corrected chi connectivity index (χ4v) is 3.30. The Balaban J connectivity index is 1.74. The van der Waals surface area contributed by atoms with Crippen LogP contribution < -0.4 is 4.90 Å². The second kappa shape index (κ2) is 8.82. The van der Waals surface area contributed by atoms with Gasteiger partial charge in [0.15, 0.2) is 0 Å². The molecule has 0 N–H and O–H groups in total. The summed E-state index contributed by atoms with van der Waals surface area (Å²) in [6, 6.07) is 11.7. The Labute approximate surface area is 166 Å². The van der Waals surface area contributed by atoms with E-state index in [1.54, 1.807) is 13.0 Å². The highest BCUT2D eigenvalue weighted by Gasteiger charge is 2.23. The van der Waals surface area contributed by atoms with E-state index in [0.717, 1.165) is 11.4 Å². The van der Waals surface area contributed by atoms with Gasteiger partial charge in [-0.15, -0.1) is 0 Å². The van der Waals surface area contributed by atoms with E-state index in [0.29, 0.717) is 38.4 Å². The SMILES string of the molecule is CC(=O)N1CCN(c2cc(C(=O)N(Cc3ccccc3)C(C)C)ncn2)CC1. The van der Waals surface area contributed by atoms with Gasteiger partial charge < -0.3 is 14.7 Å². The summed E-state index contributed by atoms with van der Waals surface area (Å²) in [5.41, 5.74) is 1.47. The quantitative estimate of drug-likeness (QED) is 0.794. The molecular formula is C21H27N5O2. The van der Waals surface area contributed by atoms with E-state index < -0.39 is 0 Å². The summed E-state index contributed by atoms with van der Waals surface area (Å²) in [5, 5.41) is 0. The highest BCUT2D eigenvalue weighted by atomic mass is 16.2. The van der Waals surface area contributed by atoms with Crippen LogP contribution in [0.25, 0.3) is 0 Å². The maximum Gasteiger partial charge on any atom is 0.273 e. The zero-order valence-corrected chi connectivity index (χ0v) is 16.7. The van der Waals surface area contributed by atoms with Crippen molar-refractivity contribution in [3.63, 3.8) is 0 Å². The zero-order valence-electron chi connectivity index (χ0n) is 16.7. The molecule has 7 nitrogen and oxygen atoms in total. The van der Waals surface area contributed by atoms with Gasteiger partial charge in [-0.1, -0.05) is 30.3 Å². The molecule has 0 saturated carbocycles. The first kappa shape index (κ1) is 19.8. The number of piperazine rings is 1. The number of carbonyl (C=O) groups excluding carboxylic acids is 2. The van der Waals surface area contributed by atoms with Gasteiger partial charge in [-0.25, -0.2) is 9.97 Å². The van der Waals surface area contributed by atoms with Crippen LogP contribution in [-0.2, 0) is 11.3 Å². The third-order valence-corrected chi connectivity index (χ3v) is 5.00. The molecule has 1 aliphatic heterocycles. The first-order valence-electron chi connectivity index (χ1n) is 9.63. The minimum atomic E-state index is -0.107. The normalized spacial score (nSPS) is 14.3. The number of hydrogen-bond donors (Lipinski definition) is 0. The number of benzene rings is 1. The minimum Gasteiger partial charge on any atom is -0.353 e. The van der Waals surface area contributed by atoms with E-state index in [4.69, 9.17) is 0 Å². The van der Waals surface area contributed by atoms with Gasteiger partial charge in [-0.2, -0.15) is 0 Å². The number of carbonyl (C=O) groups is 2. The van der Waals surface area contributed by atoms with Gasteiger partial charge in [-0.3, -0.25) is 9.59 Å². The van der Waals surface area contributed by atoms with E-state index in [9.17, 15) is 9.59 Å². The molecule has 1 aromatic heterocycles. The number of hydrogen-bond acceptors (Lipinski definition) is 5. The summed E-state index contributed by atoms with van der Waals surface area (Å²) < 4.78 is 0. The number of aromatic nitrogens is 2. The predicted molar refractivity (Wildman–Crippen MR) is 108 cm³/mol. The smallest absolute Gasteiger partial charge is 0.273 e. The number of amides is 2. The summed E-state index contributed by atoms with van der Waals surface area (Å²) in [6.45, 7) is 8.85. The average molecular weight is 381 g/mol. The molecule has 148 valence electrons. The van der Waals surface area contributed by atoms with Gasteiger partial charge in [0, 0.05) is 51.8 Å². The third kappa shape index (κ3) is 4.65. The number of anilines is 1. The Bertz CT molecular complexity index is 817. The van der Waals surface area contributed by atoms with E-state index in [1.165, 1.54) is 6.33 Å². The third-order valence-electron chi connectivity index (χ3n) is 5.00. The topological polar surface area (TPSA) is 69.6 Å². The van der Waals surface area contributed by atoms with Crippen molar-refractivity contribution in [3.05, 3.63) is 54.0 Å². The zero-order chi connectivity index (χ0) is 20.1. The molecule has 2 amide bonds. The van der Waals surface area contributed by atoms with E-state index >= 15 is 0 Å². The highest BCUT2D eigenvalue weighted by Crippen LogP contribution is 2.17. The van der Waals surface area contributed by atoms with Crippen LogP contribution in [0, 0.1) is 0 Å². The monoisotopic (exact) mass is 381 g/mol. The van der Waals surface area contributed by atoms with Gasteiger partial charge in [0.2, 0.25) is 5.91 Å². The minimum absolute atomic E-state index is 0.0465. The largest absolute Gasteiger partial charge is 0.353 e. The number of rotatable bonds is 5. The lowest BCUT2D eigenvalue weighted by atomic mass is 10.1. The lowest BCUT2D eigenvalue weighted by Crippen LogP contribution is -2.48. The summed E-state index contributed by atoms with van der Waals surface area (Å²) in [7, 11) is 0. The predicted octanol–water partition coefficient (Wildman–Crippen LogP) is 2.20. The van der Waals surface area contributed by atoms with Crippen LogP contribution in [0.1, 0.15) is 36.8 Å². The molecule has 1 aromatic carbocycles. The Kier molecular flexibility index (Phi) is 6.23. The molecule has 0 unspecified atom stereocenters. The van der Waals surface area contributed by atoms with Crippen LogP contribution >= 0.6 is 0 Å². The Morgan fingerprint density at radius 2 is 1.75 bits per heavy atom. The molecule has 1 fully saturated rings. The summed E-state index contributed by atoms with van der Waals surface area (Å²) >= 11 is 0. The molecule has 7 heteroatoms. The van der Waals surface area contributed by atoms with Gasteiger partial charge in [-0.05, 0) is 19.4 Å². The van der Waals surface area contributed by atoms with Crippen molar-refractivity contribution in [2.45, 2.75) is 33.4 Å². The second-order valence-corrected chi connectivity index (χ2v) is 7.27. The van der Waals surface area contributed by atoms with Crippen molar-refractivity contribution < 1.29 is 9.59 Å². The molecule has 0 atom stereocenters. The molecule has 3 rings (SSSR count). The fraction of sp³-hybridized carbons (Fsp3) is 0.429. The molecule has 0 spiro atoms. The van der Waals surface area contributed by atoms with Crippen LogP contribution in [0.15, 0.2) is 42.7 Å². The standard InChI is InChI=1S/C21H27N5O2/c1-16(2)26(14-18-7-5-4-6-8-18)21(28)19-13-20(23-15-22-19)25-11-9-24(10-12-25)17(3)27/h4-8,13,15-16H,9-12,14H2,1-3H3. The molecule has 0 radical (unpaired) electrons. The molecule has 1 saturated heterocycles. The van der Waals surface area contributed by atoms with Crippen molar-refractivity contribution in [2.75, 3.05) is 31.1 Å². The molecular weight excluding hydrogens is 354 g/mol. The second-order valence-electron chi connectivity index (χ2n) is 7.27. The van der Waals surface area contributed by atoms with Crippen LogP contribution in [0.4, 0.5) is 5.82 Å².